The summed E-state index contributed by atoms with van der Waals surface area (Å²) in [6.07, 6.45) is 11.8. The maximum Gasteiger partial charge on any atom is 0.328 e. The third kappa shape index (κ3) is 5.34. The van der Waals surface area contributed by atoms with Crippen molar-refractivity contribution in [1.82, 2.24) is 19.9 Å². The first-order valence-electron chi connectivity index (χ1n) is 7.42. The number of aromatic amines is 4. The van der Waals surface area contributed by atoms with Crippen LogP contribution in [0.4, 0.5) is 0 Å². The fourth-order valence-corrected chi connectivity index (χ4v) is 1.84. The number of allylic oxidation sites excluding steroid dienone is 6. The molecule has 0 spiro atoms. The minimum Gasteiger partial charge on any atom is -0.494 e. The van der Waals surface area contributed by atoms with Crippen molar-refractivity contribution >= 4 is 12.2 Å². The molecule has 27 heavy (non-hydrogen) atoms. The Hall–Kier alpha value is -4.30. The minimum atomic E-state index is -0.811. The van der Waals surface area contributed by atoms with Crippen molar-refractivity contribution < 1.29 is 10.2 Å². The van der Waals surface area contributed by atoms with E-state index in [-0.39, 0.29) is 11.1 Å². The average molecular weight is 370 g/mol. The summed E-state index contributed by atoms with van der Waals surface area (Å²) in [6.45, 7) is 0. The van der Waals surface area contributed by atoms with Crippen molar-refractivity contribution in [3.05, 3.63) is 95.0 Å². The van der Waals surface area contributed by atoms with E-state index < -0.39 is 34.3 Å². The van der Waals surface area contributed by atoms with Crippen LogP contribution in [0.1, 0.15) is 11.1 Å². The molecule has 138 valence electrons. The van der Waals surface area contributed by atoms with Crippen LogP contribution in [0.5, 0.6) is 11.8 Å². The van der Waals surface area contributed by atoms with Crippen LogP contribution in [-0.2, 0) is 0 Å². The molecule has 0 saturated heterocycles. The highest BCUT2D eigenvalue weighted by molar-refractivity contribution is 5.54. The van der Waals surface area contributed by atoms with Gasteiger partial charge in [-0.3, -0.25) is 29.5 Å². The van der Waals surface area contributed by atoms with E-state index in [1.54, 1.807) is 24.3 Å². The predicted molar refractivity (Wildman–Crippen MR) is 98.6 cm³/mol. The summed E-state index contributed by atoms with van der Waals surface area (Å²) in [5, 5.41) is 18.9. The standard InChI is InChI=1S/C17H14N4O6/c22-12-10(13(23)19-16(26)18-12)8-6-4-2-1-3-5-7-9-11-14(24)20-17(27)21-15(11)25/h1-6,8-9H,(H3,18,19,22,23,26)(H3,20,21,24,25,27)/b3-1+,4-2+,8-6?. The Morgan fingerprint density at radius 2 is 1.19 bits per heavy atom. The fourth-order valence-electron chi connectivity index (χ4n) is 1.84. The van der Waals surface area contributed by atoms with Gasteiger partial charge in [-0.25, -0.2) is 9.59 Å². The van der Waals surface area contributed by atoms with Gasteiger partial charge in [-0.1, -0.05) is 30.4 Å². The Morgan fingerprint density at radius 3 is 1.78 bits per heavy atom. The van der Waals surface area contributed by atoms with E-state index >= 15 is 0 Å². The molecule has 0 unspecified atom stereocenters. The number of hydrogen-bond acceptors (Lipinski definition) is 6. The average Bonchev–Trinajstić information content (AvgIpc) is 2.56. The molecule has 2 aromatic rings. The first-order chi connectivity index (χ1) is 12.9. The minimum absolute atomic E-state index is 0.0861. The second-order valence-corrected chi connectivity index (χ2v) is 4.95. The molecule has 0 saturated carbocycles. The van der Waals surface area contributed by atoms with Gasteiger partial charge in [0.15, 0.2) is 0 Å². The Labute approximate surface area is 149 Å². The molecule has 0 aliphatic heterocycles. The summed E-state index contributed by atoms with van der Waals surface area (Å²) >= 11 is 0. The molecule has 0 amide bonds. The third-order valence-corrected chi connectivity index (χ3v) is 3.04. The van der Waals surface area contributed by atoms with E-state index in [0.717, 1.165) is 0 Å². The lowest BCUT2D eigenvalue weighted by molar-refractivity contribution is 0.446. The molecule has 6 N–H and O–H groups in total. The van der Waals surface area contributed by atoms with E-state index in [4.69, 9.17) is 0 Å². The van der Waals surface area contributed by atoms with Crippen LogP contribution in [0.3, 0.4) is 0 Å². The van der Waals surface area contributed by atoms with Gasteiger partial charge in [0, 0.05) is 0 Å². The van der Waals surface area contributed by atoms with Crippen molar-refractivity contribution in [1.29, 1.82) is 0 Å². The van der Waals surface area contributed by atoms with Gasteiger partial charge in [0.25, 0.3) is 11.1 Å². The van der Waals surface area contributed by atoms with Crippen molar-refractivity contribution in [3.63, 3.8) is 0 Å². The molecule has 10 nitrogen and oxygen atoms in total. The number of aromatic hydroxyl groups is 2. The quantitative estimate of drug-likeness (QED) is 0.315. The van der Waals surface area contributed by atoms with Gasteiger partial charge in [0.2, 0.25) is 11.8 Å². The molecule has 0 aliphatic rings. The zero-order chi connectivity index (χ0) is 19.8. The highest BCUT2D eigenvalue weighted by Crippen LogP contribution is 2.07. The summed E-state index contributed by atoms with van der Waals surface area (Å²) in [4.78, 5) is 52.8. The molecular formula is C17H14N4O6. The summed E-state index contributed by atoms with van der Waals surface area (Å²) in [5.41, 5.74) is -0.658. The molecule has 0 aromatic carbocycles. The molecule has 0 bridgehead atoms. The van der Waals surface area contributed by atoms with Crippen molar-refractivity contribution in [2.45, 2.75) is 0 Å². The second kappa shape index (κ2) is 8.70. The van der Waals surface area contributed by atoms with E-state index in [1.807, 2.05) is 15.0 Å². The monoisotopic (exact) mass is 370 g/mol. The van der Waals surface area contributed by atoms with E-state index in [0.29, 0.717) is 0 Å². The first kappa shape index (κ1) is 19.0. The van der Waals surface area contributed by atoms with Crippen LogP contribution in [-0.4, -0.2) is 30.1 Å². The maximum absolute atomic E-state index is 11.5. The van der Waals surface area contributed by atoms with E-state index in [2.05, 4.69) is 10.7 Å². The molecule has 10 heteroatoms. The number of H-pyrrole nitrogens is 4. The largest absolute Gasteiger partial charge is 0.494 e. The molecule has 0 aliphatic carbocycles. The number of aromatic nitrogens is 4. The first-order valence-corrected chi connectivity index (χ1v) is 7.42. The van der Waals surface area contributed by atoms with Gasteiger partial charge < -0.3 is 10.2 Å². The predicted octanol–water partition coefficient (Wildman–Crippen LogP) is -0.155. The molecule has 2 rings (SSSR count). The van der Waals surface area contributed by atoms with Crippen LogP contribution in [0.2, 0.25) is 0 Å². The van der Waals surface area contributed by atoms with Crippen LogP contribution < -0.4 is 22.5 Å². The molecule has 0 radical (unpaired) electrons. The van der Waals surface area contributed by atoms with Crippen molar-refractivity contribution in [2.24, 2.45) is 0 Å². The molecule has 0 atom stereocenters. The Kier molecular flexibility index (Phi) is 6.13. The summed E-state index contributed by atoms with van der Waals surface area (Å²) < 4.78 is 0. The van der Waals surface area contributed by atoms with Gasteiger partial charge >= 0.3 is 11.4 Å². The van der Waals surface area contributed by atoms with Crippen molar-refractivity contribution in [3.8, 4) is 11.8 Å². The lowest BCUT2D eigenvalue weighted by Crippen LogP contribution is -2.23. The lowest BCUT2D eigenvalue weighted by atomic mass is 10.3. The van der Waals surface area contributed by atoms with Crippen LogP contribution in [0.25, 0.3) is 12.2 Å². The van der Waals surface area contributed by atoms with Crippen molar-refractivity contribution in [2.75, 3.05) is 0 Å². The van der Waals surface area contributed by atoms with E-state index in [1.165, 1.54) is 24.3 Å². The topological polar surface area (TPSA) is 172 Å². The smallest absolute Gasteiger partial charge is 0.328 e. The summed E-state index contributed by atoms with van der Waals surface area (Å²) in [5.74, 6) is -1.09. The summed E-state index contributed by atoms with van der Waals surface area (Å²) in [7, 11) is 0. The molecular weight excluding hydrogens is 356 g/mol. The number of rotatable bonds is 5. The normalized spacial score (nSPS) is 11.3. The Morgan fingerprint density at radius 1 is 0.667 bits per heavy atom. The number of hydrogen-bond donors (Lipinski definition) is 6. The zero-order valence-corrected chi connectivity index (χ0v) is 13.6. The Bertz CT molecular complexity index is 1210. The SMILES string of the molecule is O=c1[nH]c(O)c(C=C=C/C=C/C=C/C=Cc2c(O)[nH]c(=O)[nH]c2=O)c(=O)[nH]1. The highest BCUT2D eigenvalue weighted by Gasteiger charge is 2.04. The molecule has 2 heterocycles. The second-order valence-electron chi connectivity index (χ2n) is 4.95. The lowest BCUT2D eigenvalue weighted by Gasteiger charge is -1.94. The van der Waals surface area contributed by atoms with Gasteiger partial charge in [-0.2, -0.15) is 0 Å². The molecule has 2 aromatic heterocycles. The number of nitrogens with one attached hydrogen (secondary N) is 4. The van der Waals surface area contributed by atoms with Gasteiger partial charge in [-0.15, -0.1) is 5.73 Å². The van der Waals surface area contributed by atoms with Crippen LogP contribution >= 0.6 is 0 Å². The fraction of sp³-hybridized carbons (Fsp3) is 0. The molecule has 0 fully saturated rings. The summed E-state index contributed by atoms with van der Waals surface area (Å²) in [6, 6.07) is 0. The van der Waals surface area contributed by atoms with Gasteiger partial charge in [0.05, 0.1) is 5.56 Å². The van der Waals surface area contributed by atoms with Gasteiger partial charge in [0.1, 0.15) is 5.56 Å². The highest BCUT2D eigenvalue weighted by atomic mass is 16.3. The van der Waals surface area contributed by atoms with Gasteiger partial charge in [-0.05, 0) is 18.2 Å². The maximum atomic E-state index is 11.5. The zero-order valence-electron chi connectivity index (χ0n) is 13.6. The van der Waals surface area contributed by atoms with E-state index in [9.17, 15) is 29.4 Å². The van der Waals surface area contributed by atoms with Crippen LogP contribution in [0, 0.1) is 0 Å². The van der Waals surface area contributed by atoms with Crippen LogP contribution in [0.15, 0.2) is 61.4 Å². The third-order valence-electron chi connectivity index (χ3n) is 3.04. The Balaban J connectivity index is 2.01.